The van der Waals surface area contributed by atoms with Gasteiger partial charge in [0.25, 0.3) is 5.91 Å². The van der Waals surface area contributed by atoms with Crippen LogP contribution in [0.5, 0.6) is 5.75 Å². The number of hydrogen-bond acceptors (Lipinski definition) is 7. The highest BCUT2D eigenvalue weighted by atomic mass is 35.5. The van der Waals surface area contributed by atoms with Crippen LogP contribution in [-0.4, -0.2) is 60.7 Å². The van der Waals surface area contributed by atoms with E-state index in [4.69, 9.17) is 37.4 Å². The maximum absolute atomic E-state index is 13.9. The van der Waals surface area contributed by atoms with E-state index < -0.39 is 16.5 Å². The normalized spacial score (nSPS) is 16.1. The first-order valence-electron chi connectivity index (χ1n) is 11.8. The van der Waals surface area contributed by atoms with Crippen molar-refractivity contribution < 1.29 is 33.0 Å². The molecule has 0 atom stereocenters. The van der Waals surface area contributed by atoms with Gasteiger partial charge in [-0.3, -0.25) is 14.5 Å². The second kappa shape index (κ2) is 12.3. The van der Waals surface area contributed by atoms with E-state index in [2.05, 4.69) is 10.2 Å². The lowest BCUT2D eigenvalue weighted by Gasteiger charge is -2.20. The molecule has 2 aliphatic heterocycles. The summed E-state index contributed by atoms with van der Waals surface area (Å²) in [6, 6.07) is 0. The second-order valence-corrected chi connectivity index (χ2v) is 10.2. The molecule has 0 bridgehead atoms. The van der Waals surface area contributed by atoms with E-state index in [-0.39, 0.29) is 36.7 Å². The summed E-state index contributed by atoms with van der Waals surface area (Å²) in [4.78, 5) is 39.1. The van der Waals surface area contributed by atoms with Crippen molar-refractivity contribution in [2.75, 3.05) is 38.7 Å². The number of rotatable bonds is 11. The Kier molecular flexibility index (Phi) is 9.60. The number of hydrogen-bond donors (Lipinski definition) is 1. The molecule has 3 rings (SSSR count). The number of amides is 1. The van der Waals surface area contributed by atoms with Crippen molar-refractivity contribution in [2.24, 2.45) is 0 Å². The van der Waals surface area contributed by atoms with E-state index in [9.17, 15) is 18.8 Å². The third-order valence-electron chi connectivity index (χ3n) is 6.42. The number of allylic oxidation sites excluding steroid dienone is 2. The number of halogens is 3. The zero-order valence-corrected chi connectivity index (χ0v) is 22.2. The molecule has 1 saturated heterocycles. The minimum absolute atomic E-state index is 0.00321. The van der Waals surface area contributed by atoms with E-state index in [0.29, 0.717) is 35.5 Å². The Balaban J connectivity index is 1.74. The van der Waals surface area contributed by atoms with Gasteiger partial charge in [0.15, 0.2) is 0 Å². The van der Waals surface area contributed by atoms with Crippen LogP contribution in [0.2, 0.25) is 0 Å². The van der Waals surface area contributed by atoms with Gasteiger partial charge in [-0.05, 0) is 58.2 Å². The van der Waals surface area contributed by atoms with Crippen LogP contribution in [0.3, 0.4) is 0 Å². The van der Waals surface area contributed by atoms with Gasteiger partial charge in [-0.1, -0.05) is 34.9 Å². The molecule has 1 N–H and O–H groups in total. The fraction of sp³-hybridized carbons (Fsp3) is 0.560. The summed E-state index contributed by atoms with van der Waals surface area (Å²) >= 11 is 10.7. The highest BCUT2D eigenvalue weighted by Gasteiger charge is 2.38. The van der Waals surface area contributed by atoms with E-state index in [1.54, 1.807) is 6.92 Å². The number of carbonyl (C=O) groups excluding carboxylic acids is 3. The molecular formula is C25H31Cl2FN2O6. The molecule has 2 aliphatic rings. The van der Waals surface area contributed by atoms with Crippen LogP contribution in [0.1, 0.15) is 59.7 Å². The first-order chi connectivity index (χ1) is 17.0. The molecule has 11 heteroatoms. The molecular weight excluding hydrogens is 514 g/mol. The SMILES string of the molecule is COc1c(C)c2c(c(NC(=O)C(F)(Cl)Cl)c1C/C=C(\C)CCC(=O)OCCN1CCCC1)C(=O)OC2. The summed E-state index contributed by atoms with van der Waals surface area (Å²) in [7, 11) is 1.46. The largest absolute Gasteiger partial charge is 0.496 e. The van der Waals surface area contributed by atoms with Gasteiger partial charge in [-0.15, -0.1) is 0 Å². The molecule has 198 valence electrons. The van der Waals surface area contributed by atoms with Gasteiger partial charge < -0.3 is 19.5 Å². The number of fused-ring (bicyclic) bond motifs is 1. The fourth-order valence-electron chi connectivity index (χ4n) is 4.42. The third-order valence-corrected chi connectivity index (χ3v) is 6.76. The van der Waals surface area contributed by atoms with Crippen LogP contribution in [0.4, 0.5) is 10.1 Å². The standard InChI is InChI=1S/C25H31Cl2FN2O6/c1-15(7-9-19(31)35-13-12-30-10-4-5-11-30)6-8-17-21(29-24(33)25(26,27)28)20-18(14-36-23(20)32)16(2)22(17)34-3/h6H,4-5,7-14H2,1-3H3,(H,29,33)/b15-6+. The third kappa shape index (κ3) is 6.89. The number of esters is 2. The Bertz CT molecular complexity index is 1050. The summed E-state index contributed by atoms with van der Waals surface area (Å²) in [6.45, 7) is 6.85. The Hall–Kier alpha value is -2.36. The molecule has 8 nitrogen and oxygen atoms in total. The van der Waals surface area contributed by atoms with Crippen LogP contribution >= 0.6 is 23.2 Å². The number of carbonyl (C=O) groups is 3. The summed E-state index contributed by atoms with van der Waals surface area (Å²) in [6.07, 6.45) is 5.13. The molecule has 1 aromatic carbocycles. The Labute approximate surface area is 220 Å². The van der Waals surface area contributed by atoms with Gasteiger partial charge in [-0.25, -0.2) is 4.79 Å². The molecule has 2 heterocycles. The molecule has 1 aromatic rings. The van der Waals surface area contributed by atoms with Crippen molar-refractivity contribution in [2.45, 2.75) is 57.1 Å². The summed E-state index contributed by atoms with van der Waals surface area (Å²) in [5.41, 5.74) is 2.67. The minimum atomic E-state index is -3.20. The van der Waals surface area contributed by atoms with Gasteiger partial charge >= 0.3 is 16.5 Å². The lowest BCUT2D eigenvalue weighted by Crippen LogP contribution is -2.29. The predicted molar refractivity (Wildman–Crippen MR) is 134 cm³/mol. The molecule has 0 aliphatic carbocycles. The minimum Gasteiger partial charge on any atom is -0.496 e. The molecule has 1 fully saturated rings. The Morgan fingerprint density at radius 1 is 1.25 bits per heavy atom. The maximum atomic E-state index is 13.9. The van der Waals surface area contributed by atoms with Crippen LogP contribution in [0, 0.1) is 6.92 Å². The van der Waals surface area contributed by atoms with Crippen molar-refractivity contribution in [3.63, 3.8) is 0 Å². The second-order valence-electron chi connectivity index (χ2n) is 8.92. The number of likely N-dealkylation sites (tertiary alicyclic amines) is 1. The zero-order valence-electron chi connectivity index (χ0n) is 20.7. The van der Waals surface area contributed by atoms with Crippen molar-refractivity contribution in [3.05, 3.63) is 33.9 Å². The summed E-state index contributed by atoms with van der Waals surface area (Å²) in [5.74, 6) is -1.84. The number of ether oxygens (including phenoxy) is 3. The molecule has 0 saturated carbocycles. The molecule has 1 amide bonds. The Morgan fingerprint density at radius 2 is 1.94 bits per heavy atom. The first-order valence-corrected chi connectivity index (χ1v) is 12.6. The molecule has 0 unspecified atom stereocenters. The quantitative estimate of drug-likeness (QED) is 0.246. The average molecular weight is 545 g/mol. The molecule has 36 heavy (non-hydrogen) atoms. The van der Waals surface area contributed by atoms with Crippen LogP contribution in [0.15, 0.2) is 11.6 Å². The van der Waals surface area contributed by atoms with Crippen molar-refractivity contribution in [1.82, 2.24) is 4.90 Å². The topological polar surface area (TPSA) is 94.2 Å². The van der Waals surface area contributed by atoms with Gasteiger partial charge in [0, 0.05) is 24.1 Å². The lowest BCUT2D eigenvalue weighted by molar-refractivity contribution is -0.144. The molecule has 0 spiro atoms. The Morgan fingerprint density at radius 3 is 2.58 bits per heavy atom. The van der Waals surface area contributed by atoms with E-state index in [1.165, 1.54) is 20.0 Å². The summed E-state index contributed by atoms with van der Waals surface area (Å²) in [5, 5.41) is 2.34. The van der Waals surface area contributed by atoms with Crippen molar-refractivity contribution >= 4 is 46.7 Å². The molecule has 0 radical (unpaired) electrons. The van der Waals surface area contributed by atoms with E-state index in [1.807, 2.05) is 13.0 Å². The van der Waals surface area contributed by atoms with Gasteiger partial charge in [0.05, 0.1) is 18.4 Å². The number of methoxy groups -OCH3 is 1. The van der Waals surface area contributed by atoms with Crippen molar-refractivity contribution in [1.29, 1.82) is 0 Å². The maximum Gasteiger partial charge on any atom is 0.341 e. The molecule has 0 aromatic heterocycles. The van der Waals surface area contributed by atoms with E-state index >= 15 is 0 Å². The van der Waals surface area contributed by atoms with Gasteiger partial charge in [-0.2, -0.15) is 4.39 Å². The van der Waals surface area contributed by atoms with Crippen molar-refractivity contribution in [3.8, 4) is 5.75 Å². The number of nitrogens with one attached hydrogen (secondary N) is 1. The predicted octanol–water partition coefficient (Wildman–Crippen LogP) is 4.62. The van der Waals surface area contributed by atoms with Gasteiger partial charge in [0.2, 0.25) is 0 Å². The highest BCUT2D eigenvalue weighted by molar-refractivity contribution is 6.57. The van der Waals surface area contributed by atoms with Crippen LogP contribution < -0.4 is 10.1 Å². The number of nitrogens with zero attached hydrogens (tertiary/aromatic N) is 1. The summed E-state index contributed by atoms with van der Waals surface area (Å²) < 4.78 is 26.7. The fourth-order valence-corrected chi connectivity index (χ4v) is 4.51. The first kappa shape index (κ1) is 28.2. The zero-order chi connectivity index (χ0) is 26.5. The average Bonchev–Trinajstić information content (AvgIpc) is 3.47. The highest BCUT2D eigenvalue weighted by Crippen LogP contribution is 2.42. The number of benzene rings is 1. The number of alkyl halides is 3. The van der Waals surface area contributed by atoms with E-state index in [0.717, 1.165) is 25.2 Å². The monoisotopic (exact) mass is 544 g/mol. The van der Waals surface area contributed by atoms with Gasteiger partial charge in [0.1, 0.15) is 19.0 Å². The van der Waals surface area contributed by atoms with Crippen LogP contribution in [0.25, 0.3) is 0 Å². The van der Waals surface area contributed by atoms with Crippen LogP contribution in [-0.2, 0) is 32.1 Å². The lowest BCUT2D eigenvalue weighted by atomic mass is 9.93. The smallest absolute Gasteiger partial charge is 0.341 e. The number of anilines is 1. The number of cyclic esters (lactones) is 1.